The molecular weight excluding hydrogens is 300 g/mol. The first-order valence-electron chi connectivity index (χ1n) is 7.20. The third kappa shape index (κ3) is 3.88. The molecule has 0 aliphatic heterocycles. The SMILES string of the molecule is CCOc1ccc(C(=O)NC(C)c2ccc(C)o2)cc1[N+](=O)[O-]. The molecule has 0 radical (unpaired) electrons. The number of nitrogens with zero attached hydrogens (tertiary/aromatic N) is 1. The maximum Gasteiger partial charge on any atom is 0.311 e. The van der Waals surface area contributed by atoms with Crippen molar-refractivity contribution in [3.63, 3.8) is 0 Å². The number of nitro benzene ring substituents is 1. The van der Waals surface area contributed by atoms with E-state index >= 15 is 0 Å². The molecule has 2 rings (SSSR count). The van der Waals surface area contributed by atoms with Crippen molar-refractivity contribution in [2.45, 2.75) is 26.8 Å². The van der Waals surface area contributed by atoms with E-state index in [4.69, 9.17) is 9.15 Å². The Labute approximate surface area is 133 Å². The van der Waals surface area contributed by atoms with Crippen molar-refractivity contribution in [2.75, 3.05) is 6.61 Å². The minimum absolute atomic E-state index is 0.142. The van der Waals surface area contributed by atoms with Crippen LogP contribution in [0.1, 0.15) is 41.8 Å². The molecule has 2 aromatic rings. The summed E-state index contributed by atoms with van der Waals surface area (Å²) in [6, 6.07) is 7.37. The highest BCUT2D eigenvalue weighted by molar-refractivity contribution is 5.95. The van der Waals surface area contributed by atoms with E-state index in [-0.39, 0.29) is 23.0 Å². The lowest BCUT2D eigenvalue weighted by Crippen LogP contribution is -2.26. The van der Waals surface area contributed by atoms with Crippen LogP contribution in [0.15, 0.2) is 34.7 Å². The number of nitro groups is 1. The lowest BCUT2D eigenvalue weighted by Gasteiger charge is -2.12. The molecule has 0 saturated heterocycles. The zero-order valence-electron chi connectivity index (χ0n) is 13.2. The van der Waals surface area contributed by atoms with Gasteiger partial charge in [0, 0.05) is 11.6 Å². The van der Waals surface area contributed by atoms with Gasteiger partial charge in [-0.2, -0.15) is 0 Å². The number of furan rings is 1. The molecule has 1 unspecified atom stereocenters. The van der Waals surface area contributed by atoms with Gasteiger partial charge in [-0.05, 0) is 45.0 Å². The van der Waals surface area contributed by atoms with Gasteiger partial charge in [-0.25, -0.2) is 0 Å². The van der Waals surface area contributed by atoms with Gasteiger partial charge in [-0.15, -0.1) is 0 Å². The Morgan fingerprint density at radius 2 is 2.13 bits per heavy atom. The third-order valence-electron chi connectivity index (χ3n) is 3.25. The van der Waals surface area contributed by atoms with Crippen LogP contribution in [0.4, 0.5) is 5.69 Å². The summed E-state index contributed by atoms with van der Waals surface area (Å²) in [7, 11) is 0. The summed E-state index contributed by atoms with van der Waals surface area (Å²) in [6.45, 7) is 5.63. The van der Waals surface area contributed by atoms with E-state index in [0.717, 1.165) is 5.76 Å². The normalized spacial score (nSPS) is 11.8. The maximum atomic E-state index is 12.3. The summed E-state index contributed by atoms with van der Waals surface area (Å²) in [5.74, 6) is 1.09. The van der Waals surface area contributed by atoms with Crippen LogP contribution in [0.25, 0.3) is 0 Å². The second-order valence-electron chi connectivity index (χ2n) is 5.02. The van der Waals surface area contributed by atoms with Gasteiger partial charge in [0.15, 0.2) is 5.75 Å². The van der Waals surface area contributed by atoms with E-state index in [2.05, 4.69) is 5.32 Å². The number of hydrogen-bond acceptors (Lipinski definition) is 5. The number of carbonyl (C=O) groups excluding carboxylic acids is 1. The highest BCUT2D eigenvalue weighted by Gasteiger charge is 2.20. The standard InChI is InChI=1S/C16H18N2O5/c1-4-22-15-8-6-12(9-13(15)18(20)21)16(19)17-11(3)14-7-5-10(2)23-14/h5-9,11H,4H2,1-3H3,(H,17,19). The van der Waals surface area contributed by atoms with Gasteiger partial charge in [-0.1, -0.05) is 0 Å². The third-order valence-corrected chi connectivity index (χ3v) is 3.25. The van der Waals surface area contributed by atoms with Gasteiger partial charge in [0.1, 0.15) is 11.5 Å². The molecule has 1 N–H and O–H groups in total. The zero-order valence-corrected chi connectivity index (χ0v) is 13.2. The number of carbonyl (C=O) groups is 1. The average molecular weight is 318 g/mol. The monoisotopic (exact) mass is 318 g/mol. The second-order valence-corrected chi connectivity index (χ2v) is 5.02. The summed E-state index contributed by atoms with van der Waals surface area (Å²) in [5, 5.41) is 13.8. The van der Waals surface area contributed by atoms with Crippen molar-refractivity contribution >= 4 is 11.6 Å². The molecular formula is C16H18N2O5. The molecule has 122 valence electrons. The molecule has 1 amide bonds. The largest absolute Gasteiger partial charge is 0.487 e. The van der Waals surface area contributed by atoms with Gasteiger partial charge in [0.25, 0.3) is 5.91 Å². The van der Waals surface area contributed by atoms with Crippen LogP contribution < -0.4 is 10.1 Å². The Bertz CT molecular complexity index is 723. The van der Waals surface area contributed by atoms with Crippen LogP contribution in [0.3, 0.4) is 0 Å². The van der Waals surface area contributed by atoms with Crippen LogP contribution in [0.5, 0.6) is 5.75 Å². The van der Waals surface area contributed by atoms with Crippen molar-refractivity contribution in [3.05, 3.63) is 57.5 Å². The molecule has 7 nitrogen and oxygen atoms in total. The van der Waals surface area contributed by atoms with Gasteiger partial charge in [0.2, 0.25) is 0 Å². The topological polar surface area (TPSA) is 94.6 Å². The smallest absolute Gasteiger partial charge is 0.311 e. The molecule has 1 aromatic carbocycles. The fraction of sp³-hybridized carbons (Fsp3) is 0.312. The maximum absolute atomic E-state index is 12.3. The van der Waals surface area contributed by atoms with E-state index in [1.807, 2.05) is 6.92 Å². The van der Waals surface area contributed by atoms with E-state index in [9.17, 15) is 14.9 Å². The second kappa shape index (κ2) is 6.95. The molecule has 0 aliphatic rings. The molecule has 1 atom stereocenters. The molecule has 1 heterocycles. The van der Waals surface area contributed by atoms with Crippen molar-refractivity contribution in [2.24, 2.45) is 0 Å². The number of aryl methyl sites for hydroxylation is 1. The number of rotatable bonds is 6. The Kier molecular flexibility index (Phi) is 5.00. The molecule has 0 aliphatic carbocycles. The van der Waals surface area contributed by atoms with Gasteiger partial charge in [-0.3, -0.25) is 14.9 Å². The van der Waals surface area contributed by atoms with Gasteiger partial charge >= 0.3 is 5.69 Å². The number of benzene rings is 1. The quantitative estimate of drug-likeness (QED) is 0.650. The molecule has 7 heteroatoms. The summed E-state index contributed by atoms with van der Waals surface area (Å²) in [6.07, 6.45) is 0. The minimum atomic E-state index is -0.568. The van der Waals surface area contributed by atoms with Crippen LogP contribution in [-0.2, 0) is 0 Å². The van der Waals surface area contributed by atoms with Crippen LogP contribution >= 0.6 is 0 Å². The molecule has 0 bridgehead atoms. The van der Waals surface area contributed by atoms with Gasteiger partial charge in [0.05, 0.1) is 17.6 Å². The molecule has 1 aromatic heterocycles. The molecule has 23 heavy (non-hydrogen) atoms. The summed E-state index contributed by atoms with van der Waals surface area (Å²) in [5.41, 5.74) is -0.0451. The predicted molar refractivity (Wildman–Crippen MR) is 83.6 cm³/mol. The van der Waals surface area contributed by atoms with E-state index in [0.29, 0.717) is 12.4 Å². The van der Waals surface area contributed by atoms with E-state index < -0.39 is 10.8 Å². The van der Waals surface area contributed by atoms with Crippen molar-refractivity contribution in [1.82, 2.24) is 5.32 Å². The summed E-state index contributed by atoms with van der Waals surface area (Å²) in [4.78, 5) is 22.8. The van der Waals surface area contributed by atoms with E-state index in [1.165, 1.54) is 18.2 Å². The summed E-state index contributed by atoms with van der Waals surface area (Å²) < 4.78 is 10.6. The average Bonchev–Trinajstić information content (AvgIpc) is 2.94. The Morgan fingerprint density at radius 3 is 2.70 bits per heavy atom. The Morgan fingerprint density at radius 1 is 1.39 bits per heavy atom. The van der Waals surface area contributed by atoms with Crippen LogP contribution in [0.2, 0.25) is 0 Å². The predicted octanol–water partition coefficient (Wildman–Crippen LogP) is 3.39. The van der Waals surface area contributed by atoms with Crippen LogP contribution in [0, 0.1) is 17.0 Å². The number of nitrogens with one attached hydrogen (secondary N) is 1. The fourth-order valence-corrected chi connectivity index (χ4v) is 2.12. The first-order valence-corrected chi connectivity index (χ1v) is 7.20. The lowest BCUT2D eigenvalue weighted by atomic mass is 10.1. The minimum Gasteiger partial charge on any atom is -0.487 e. The van der Waals surface area contributed by atoms with Crippen molar-refractivity contribution < 1.29 is 18.9 Å². The van der Waals surface area contributed by atoms with E-state index in [1.54, 1.807) is 26.0 Å². The fourth-order valence-electron chi connectivity index (χ4n) is 2.12. The Hall–Kier alpha value is -2.83. The highest BCUT2D eigenvalue weighted by atomic mass is 16.6. The van der Waals surface area contributed by atoms with Crippen molar-refractivity contribution in [1.29, 1.82) is 0 Å². The number of ether oxygens (including phenoxy) is 1. The Balaban J connectivity index is 2.19. The molecule has 0 fully saturated rings. The molecule has 0 saturated carbocycles. The highest BCUT2D eigenvalue weighted by Crippen LogP contribution is 2.28. The number of amides is 1. The summed E-state index contributed by atoms with van der Waals surface area (Å²) >= 11 is 0. The zero-order chi connectivity index (χ0) is 17.0. The van der Waals surface area contributed by atoms with Crippen molar-refractivity contribution in [3.8, 4) is 5.75 Å². The van der Waals surface area contributed by atoms with Gasteiger partial charge < -0.3 is 14.5 Å². The van der Waals surface area contributed by atoms with Crippen LogP contribution in [-0.4, -0.2) is 17.4 Å². The molecule has 0 spiro atoms. The first kappa shape index (κ1) is 16.5. The number of hydrogen-bond donors (Lipinski definition) is 1. The first-order chi connectivity index (χ1) is 10.9. The lowest BCUT2D eigenvalue weighted by molar-refractivity contribution is -0.385.